The van der Waals surface area contributed by atoms with Gasteiger partial charge in [0, 0.05) is 27.5 Å². The quantitative estimate of drug-likeness (QED) is 0.202. The molecule has 0 bridgehead atoms. The summed E-state index contributed by atoms with van der Waals surface area (Å²) in [5.41, 5.74) is 10.2. The lowest BCUT2D eigenvalue weighted by Gasteiger charge is -2.11. The van der Waals surface area contributed by atoms with Gasteiger partial charge in [0.1, 0.15) is 0 Å². The van der Waals surface area contributed by atoms with Crippen LogP contribution in [-0.2, 0) is 0 Å². The van der Waals surface area contributed by atoms with Crippen molar-refractivity contribution in [2.75, 3.05) is 0 Å². The van der Waals surface area contributed by atoms with E-state index in [9.17, 15) is 10.5 Å². The molecule has 0 aliphatic rings. The molecule has 44 heavy (non-hydrogen) atoms. The van der Waals surface area contributed by atoms with Gasteiger partial charge in [-0.3, -0.25) is 0 Å². The van der Waals surface area contributed by atoms with Crippen LogP contribution in [0.2, 0.25) is 0 Å². The fourth-order valence-electron chi connectivity index (χ4n) is 6.37. The molecule has 0 radical (unpaired) electrons. The van der Waals surface area contributed by atoms with Crippen molar-refractivity contribution in [3.8, 4) is 34.6 Å². The van der Waals surface area contributed by atoms with E-state index in [1.54, 1.807) is 0 Å². The molecule has 6 aromatic carbocycles. The van der Waals surface area contributed by atoms with Crippen LogP contribution >= 0.6 is 0 Å². The maximum Gasteiger partial charge on any atom is 0.188 e. The molecule has 0 spiro atoms. The molecule has 8 aromatic rings. The molecule has 0 saturated carbocycles. The number of benzene rings is 6. The zero-order valence-electron chi connectivity index (χ0n) is 23.4. The zero-order chi connectivity index (χ0) is 29.8. The van der Waals surface area contributed by atoms with E-state index in [0.717, 1.165) is 66.1 Å². The minimum atomic E-state index is 0.592. The highest BCUT2D eigenvalue weighted by Gasteiger charge is 2.16. The summed E-state index contributed by atoms with van der Waals surface area (Å²) < 4.78 is 4.44. The van der Waals surface area contributed by atoms with Crippen LogP contribution in [0.3, 0.4) is 0 Å². The van der Waals surface area contributed by atoms with Gasteiger partial charge in [-0.05, 0) is 101 Å². The van der Waals surface area contributed by atoms with Gasteiger partial charge in [0.15, 0.2) is 5.69 Å². The van der Waals surface area contributed by atoms with Crippen LogP contribution in [0.15, 0.2) is 127 Å². The van der Waals surface area contributed by atoms with Crippen molar-refractivity contribution in [1.29, 1.82) is 10.5 Å². The monoisotopic (exact) mass is 559 g/mol. The minimum Gasteiger partial charge on any atom is -0.309 e. The molecular formula is C39H21N5. The Labute approximate surface area is 253 Å². The Morgan fingerprint density at radius 3 is 1.86 bits per heavy atom. The van der Waals surface area contributed by atoms with E-state index in [1.807, 2.05) is 72.8 Å². The first kappa shape index (κ1) is 25.1. The number of hydrogen-bond donors (Lipinski definition) is 0. The Morgan fingerprint density at radius 2 is 1.09 bits per heavy atom. The van der Waals surface area contributed by atoms with Crippen molar-refractivity contribution in [3.05, 3.63) is 150 Å². The molecule has 0 aliphatic carbocycles. The topological polar surface area (TPSA) is 61.8 Å². The van der Waals surface area contributed by atoms with Gasteiger partial charge in [0.25, 0.3) is 0 Å². The Hall–Kier alpha value is -6.61. The van der Waals surface area contributed by atoms with Gasteiger partial charge in [0.2, 0.25) is 0 Å². The number of fused-ring (bicyclic) bond motifs is 6. The average Bonchev–Trinajstić information content (AvgIpc) is 3.60. The molecular weight excluding hydrogens is 538 g/mol. The molecule has 0 aliphatic heterocycles. The number of nitrogens with zero attached hydrogens (tertiary/aromatic N) is 5. The number of nitriles is 2. The largest absolute Gasteiger partial charge is 0.309 e. The maximum atomic E-state index is 9.53. The molecule has 0 N–H and O–H groups in total. The highest BCUT2D eigenvalue weighted by molar-refractivity contribution is 6.12. The standard InChI is InChI=1S/C39H21N5/c1-42-29-13-18-39-35(22-29)34-21-28(12-17-38(34)43(39)30-14-9-25(23-40)10-15-30)27-5-4-6-31(20-27)44-36-8-3-2-7-32(36)33-19-26(24-41)11-16-37(33)44/h2-22H. The fourth-order valence-corrected chi connectivity index (χ4v) is 6.37. The average molecular weight is 560 g/mol. The summed E-state index contributed by atoms with van der Waals surface area (Å²) in [6, 6.07) is 47.0. The third-order valence-corrected chi connectivity index (χ3v) is 8.37. The Balaban J connectivity index is 1.33. The van der Waals surface area contributed by atoms with E-state index in [0.29, 0.717) is 16.8 Å². The Kier molecular flexibility index (Phi) is 5.56. The fraction of sp³-hybridized carbons (Fsp3) is 0. The van der Waals surface area contributed by atoms with Crippen LogP contribution in [0.1, 0.15) is 11.1 Å². The second-order valence-electron chi connectivity index (χ2n) is 10.8. The first-order valence-electron chi connectivity index (χ1n) is 14.2. The van der Waals surface area contributed by atoms with Crippen LogP contribution in [0.4, 0.5) is 5.69 Å². The first-order valence-corrected chi connectivity index (χ1v) is 14.2. The highest BCUT2D eigenvalue weighted by Crippen LogP contribution is 2.38. The number of para-hydroxylation sites is 1. The second kappa shape index (κ2) is 9.74. The molecule has 0 amide bonds. The summed E-state index contributed by atoms with van der Waals surface area (Å²) in [5.74, 6) is 0. The molecule has 0 saturated heterocycles. The Bertz CT molecular complexity index is 2580. The summed E-state index contributed by atoms with van der Waals surface area (Å²) in [7, 11) is 0. The summed E-state index contributed by atoms with van der Waals surface area (Å²) in [6.07, 6.45) is 0. The van der Waals surface area contributed by atoms with Crippen molar-refractivity contribution in [2.24, 2.45) is 0 Å². The van der Waals surface area contributed by atoms with Crippen molar-refractivity contribution >= 4 is 49.3 Å². The Morgan fingerprint density at radius 1 is 0.477 bits per heavy atom. The zero-order valence-corrected chi connectivity index (χ0v) is 23.4. The molecule has 0 fully saturated rings. The third kappa shape index (κ3) is 3.77. The molecule has 2 aromatic heterocycles. The van der Waals surface area contributed by atoms with Gasteiger partial charge in [-0.1, -0.05) is 42.5 Å². The molecule has 5 nitrogen and oxygen atoms in total. The van der Waals surface area contributed by atoms with Gasteiger partial charge in [-0.25, -0.2) is 4.85 Å². The molecule has 0 unspecified atom stereocenters. The van der Waals surface area contributed by atoms with Crippen LogP contribution in [0.5, 0.6) is 0 Å². The van der Waals surface area contributed by atoms with Crippen molar-refractivity contribution < 1.29 is 0 Å². The van der Waals surface area contributed by atoms with E-state index in [1.165, 1.54) is 0 Å². The number of aromatic nitrogens is 2. The normalized spacial score (nSPS) is 11.1. The maximum absolute atomic E-state index is 9.53. The minimum absolute atomic E-state index is 0.592. The summed E-state index contributed by atoms with van der Waals surface area (Å²) in [5, 5.41) is 23.1. The van der Waals surface area contributed by atoms with Gasteiger partial charge < -0.3 is 9.13 Å². The van der Waals surface area contributed by atoms with Crippen molar-refractivity contribution in [3.63, 3.8) is 0 Å². The van der Waals surface area contributed by atoms with Crippen molar-refractivity contribution in [1.82, 2.24) is 9.13 Å². The van der Waals surface area contributed by atoms with Crippen molar-refractivity contribution in [2.45, 2.75) is 0 Å². The smallest absolute Gasteiger partial charge is 0.188 e. The van der Waals surface area contributed by atoms with Crippen LogP contribution in [0, 0.1) is 29.2 Å². The molecule has 5 heteroatoms. The molecule has 2 heterocycles. The highest BCUT2D eigenvalue weighted by atomic mass is 15.0. The van der Waals surface area contributed by atoms with Gasteiger partial charge in [-0.2, -0.15) is 10.5 Å². The van der Waals surface area contributed by atoms with Crippen LogP contribution in [0.25, 0.3) is 71.0 Å². The van der Waals surface area contributed by atoms with E-state index < -0.39 is 0 Å². The molecule has 0 atom stereocenters. The van der Waals surface area contributed by atoms with Gasteiger partial charge >= 0.3 is 0 Å². The summed E-state index contributed by atoms with van der Waals surface area (Å²) in [6.45, 7) is 7.62. The predicted octanol–water partition coefficient (Wildman–Crippen LogP) is 9.84. The second-order valence-corrected chi connectivity index (χ2v) is 10.8. The first-order chi connectivity index (χ1) is 21.7. The van der Waals surface area contributed by atoms with Gasteiger partial charge in [-0.15, -0.1) is 0 Å². The van der Waals surface area contributed by atoms with E-state index >= 15 is 0 Å². The lowest BCUT2D eigenvalue weighted by molar-refractivity contribution is 1.18. The van der Waals surface area contributed by atoms with E-state index in [4.69, 9.17) is 6.57 Å². The van der Waals surface area contributed by atoms with E-state index in [-0.39, 0.29) is 0 Å². The number of rotatable bonds is 3. The van der Waals surface area contributed by atoms with Crippen LogP contribution in [-0.4, -0.2) is 9.13 Å². The summed E-state index contributed by atoms with van der Waals surface area (Å²) in [4.78, 5) is 3.70. The summed E-state index contributed by atoms with van der Waals surface area (Å²) >= 11 is 0. The SMILES string of the molecule is [C-]#[N+]c1ccc2c(c1)c1cc(-c3cccc(-n4c5ccccc5c5cc(C#N)ccc54)c3)ccc1n2-c1ccc(C#N)cc1. The van der Waals surface area contributed by atoms with Gasteiger partial charge in [0.05, 0.1) is 51.9 Å². The molecule has 202 valence electrons. The lowest BCUT2D eigenvalue weighted by Crippen LogP contribution is -1.95. The third-order valence-electron chi connectivity index (χ3n) is 8.37. The number of hydrogen-bond acceptors (Lipinski definition) is 2. The molecule has 8 rings (SSSR count). The lowest BCUT2D eigenvalue weighted by atomic mass is 10.0. The predicted molar refractivity (Wildman–Crippen MR) is 176 cm³/mol. The van der Waals surface area contributed by atoms with E-state index in [2.05, 4.69) is 80.7 Å². The van der Waals surface area contributed by atoms with Crippen LogP contribution < -0.4 is 0 Å².